The maximum Gasteiger partial charge on any atom is 0.226 e. The van der Waals surface area contributed by atoms with Gasteiger partial charge >= 0.3 is 0 Å². The van der Waals surface area contributed by atoms with Gasteiger partial charge in [-0.05, 0) is 36.5 Å². The highest BCUT2D eigenvalue weighted by Crippen LogP contribution is 2.18. The summed E-state index contributed by atoms with van der Waals surface area (Å²) in [6.45, 7) is 4.04. The van der Waals surface area contributed by atoms with Crippen molar-refractivity contribution < 1.29 is 9.21 Å². The van der Waals surface area contributed by atoms with E-state index in [0.717, 1.165) is 48.5 Å². The highest BCUT2D eigenvalue weighted by molar-refractivity contribution is 5.81. The number of benzene rings is 1. The average molecular weight is 258 g/mol. The predicted molar refractivity (Wildman–Crippen MR) is 72.7 cm³/mol. The van der Waals surface area contributed by atoms with Crippen LogP contribution in [0.2, 0.25) is 0 Å². The molecule has 1 aliphatic heterocycles. The van der Waals surface area contributed by atoms with Crippen molar-refractivity contribution in [1.82, 2.24) is 9.88 Å². The molecule has 100 valence electrons. The molecule has 2 heterocycles. The molecule has 0 aliphatic carbocycles. The molecule has 1 aromatic carbocycles. The molecule has 1 fully saturated rings. The van der Waals surface area contributed by atoms with Gasteiger partial charge in [-0.15, -0.1) is 0 Å². The normalized spacial score (nSPS) is 17.0. The lowest BCUT2D eigenvalue weighted by Gasteiger charge is -2.30. The van der Waals surface area contributed by atoms with Crippen LogP contribution in [-0.4, -0.2) is 28.9 Å². The summed E-state index contributed by atoms with van der Waals surface area (Å²) in [5, 5.41) is 0. The molecule has 0 bridgehead atoms. The number of aromatic nitrogens is 1. The lowest BCUT2D eigenvalue weighted by Crippen LogP contribution is -2.38. The number of likely N-dealkylation sites (tertiary alicyclic amines) is 1. The van der Waals surface area contributed by atoms with Crippen molar-refractivity contribution in [3.05, 3.63) is 30.2 Å². The molecule has 19 heavy (non-hydrogen) atoms. The van der Waals surface area contributed by atoms with Gasteiger partial charge in [-0.1, -0.05) is 13.0 Å². The van der Waals surface area contributed by atoms with Crippen LogP contribution in [0.4, 0.5) is 0 Å². The lowest BCUT2D eigenvalue weighted by atomic mass is 9.98. The molecule has 1 amide bonds. The van der Waals surface area contributed by atoms with Crippen LogP contribution in [0.1, 0.15) is 25.3 Å². The van der Waals surface area contributed by atoms with E-state index in [1.807, 2.05) is 23.1 Å². The first-order chi connectivity index (χ1) is 9.22. The first-order valence-corrected chi connectivity index (χ1v) is 6.82. The van der Waals surface area contributed by atoms with Gasteiger partial charge in [-0.3, -0.25) is 4.79 Å². The summed E-state index contributed by atoms with van der Waals surface area (Å²) >= 11 is 0. The standard InChI is InChI=1S/C15H18N2O2/c1-11-4-6-17(7-5-11)15(18)9-12-2-3-13-14(8-12)19-10-16-13/h2-3,8,10-11H,4-7,9H2,1H3. The van der Waals surface area contributed by atoms with Crippen LogP contribution in [0, 0.1) is 5.92 Å². The molecule has 0 unspecified atom stereocenters. The Morgan fingerprint density at radius 2 is 2.21 bits per heavy atom. The number of hydrogen-bond donors (Lipinski definition) is 0. The number of nitrogens with zero attached hydrogens (tertiary/aromatic N) is 2. The van der Waals surface area contributed by atoms with Crippen molar-refractivity contribution in [2.45, 2.75) is 26.2 Å². The van der Waals surface area contributed by atoms with Crippen LogP contribution in [0.25, 0.3) is 11.1 Å². The maximum absolute atomic E-state index is 12.2. The van der Waals surface area contributed by atoms with E-state index in [1.165, 1.54) is 6.39 Å². The van der Waals surface area contributed by atoms with Crippen molar-refractivity contribution in [2.24, 2.45) is 5.92 Å². The van der Waals surface area contributed by atoms with Crippen molar-refractivity contribution in [2.75, 3.05) is 13.1 Å². The monoisotopic (exact) mass is 258 g/mol. The zero-order chi connectivity index (χ0) is 13.2. The van der Waals surface area contributed by atoms with Crippen LogP contribution < -0.4 is 0 Å². The number of rotatable bonds is 2. The van der Waals surface area contributed by atoms with Gasteiger partial charge in [0.15, 0.2) is 12.0 Å². The first-order valence-electron chi connectivity index (χ1n) is 6.82. The van der Waals surface area contributed by atoms with E-state index < -0.39 is 0 Å². The number of oxazole rings is 1. The summed E-state index contributed by atoms with van der Waals surface area (Å²) in [4.78, 5) is 18.3. The lowest BCUT2D eigenvalue weighted by molar-refractivity contribution is -0.131. The summed E-state index contributed by atoms with van der Waals surface area (Å²) in [5.41, 5.74) is 2.58. The zero-order valence-corrected chi connectivity index (χ0v) is 11.1. The summed E-state index contributed by atoms with van der Waals surface area (Å²) in [7, 11) is 0. The Labute approximate surface area is 112 Å². The minimum Gasteiger partial charge on any atom is -0.443 e. The minimum absolute atomic E-state index is 0.214. The molecule has 3 rings (SSSR count). The third kappa shape index (κ3) is 2.62. The predicted octanol–water partition coefficient (Wildman–Crippen LogP) is 2.63. The topological polar surface area (TPSA) is 46.3 Å². The summed E-state index contributed by atoms with van der Waals surface area (Å²) in [5.74, 6) is 0.959. The maximum atomic E-state index is 12.2. The van der Waals surface area contributed by atoms with Crippen LogP contribution in [-0.2, 0) is 11.2 Å². The van der Waals surface area contributed by atoms with Crippen molar-refractivity contribution in [3.63, 3.8) is 0 Å². The highest BCUT2D eigenvalue weighted by Gasteiger charge is 2.20. The largest absolute Gasteiger partial charge is 0.443 e. The fourth-order valence-corrected chi connectivity index (χ4v) is 2.55. The molecule has 1 aromatic heterocycles. The van der Waals surface area contributed by atoms with E-state index in [0.29, 0.717) is 6.42 Å². The molecule has 0 radical (unpaired) electrons. The van der Waals surface area contributed by atoms with Crippen molar-refractivity contribution in [1.29, 1.82) is 0 Å². The number of carbonyl (C=O) groups is 1. The molecule has 0 N–H and O–H groups in total. The van der Waals surface area contributed by atoms with Gasteiger partial charge < -0.3 is 9.32 Å². The van der Waals surface area contributed by atoms with Gasteiger partial charge in [-0.25, -0.2) is 4.98 Å². The van der Waals surface area contributed by atoms with Gasteiger partial charge in [0.1, 0.15) is 5.52 Å². The number of piperidine rings is 1. The Morgan fingerprint density at radius 3 is 3.00 bits per heavy atom. The quantitative estimate of drug-likeness (QED) is 0.832. The highest BCUT2D eigenvalue weighted by atomic mass is 16.3. The Morgan fingerprint density at radius 1 is 1.42 bits per heavy atom. The summed E-state index contributed by atoms with van der Waals surface area (Å²) < 4.78 is 5.26. The number of carbonyl (C=O) groups excluding carboxylic acids is 1. The summed E-state index contributed by atoms with van der Waals surface area (Å²) in [6, 6.07) is 5.77. The van der Waals surface area contributed by atoms with Crippen LogP contribution in [0.3, 0.4) is 0 Å². The van der Waals surface area contributed by atoms with Gasteiger partial charge in [0.05, 0.1) is 6.42 Å². The van der Waals surface area contributed by atoms with Crippen LogP contribution in [0.5, 0.6) is 0 Å². The van der Waals surface area contributed by atoms with E-state index in [1.54, 1.807) is 0 Å². The third-order valence-corrected chi connectivity index (χ3v) is 3.89. The molecule has 0 spiro atoms. The smallest absolute Gasteiger partial charge is 0.226 e. The van der Waals surface area contributed by atoms with Crippen molar-refractivity contribution >= 4 is 17.0 Å². The van der Waals surface area contributed by atoms with Crippen LogP contribution >= 0.6 is 0 Å². The van der Waals surface area contributed by atoms with E-state index in [4.69, 9.17) is 4.42 Å². The van der Waals surface area contributed by atoms with Crippen LogP contribution in [0.15, 0.2) is 29.0 Å². The van der Waals surface area contributed by atoms with E-state index in [2.05, 4.69) is 11.9 Å². The SMILES string of the molecule is CC1CCN(C(=O)Cc2ccc3ncoc3c2)CC1. The Kier molecular flexibility index (Phi) is 3.23. The first kappa shape index (κ1) is 12.2. The van der Waals surface area contributed by atoms with E-state index in [9.17, 15) is 4.79 Å². The average Bonchev–Trinajstić information content (AvgIpc) is 2.87. The molecular formula is C15H18N2O2. The number of fused-ring (bicyclic) bond motifs is 1. The minimum atomic E-state index is 0.214. The number of amides is 1. The van der Waals surface area contributed by atoms with E-state index in [-0.39, 0.29) is 5.91 Å². The Hall–Kier alpha value is -1.84. The molecule has 1 aliphatic rings. The van der Waals surface area contributed by atoms with Gasteiger partial charge in [0.2, 0.25) is 5.91 Å². The fraction of sp³-hybridized carbons (Fsp3) is 0.467. The molecule has 4 nitrogen and oxygen atoms in total. The van der Waals surface area contributed by atoms with Gasteiger partial charge in [0.25, 0.3) is 0 Å². The summed E-state index contributed by atoms with van der Waals surface area (Å²) in [6.07, 6.45) is 4.12. The Bertz CT molecular complexity index is 583. The molecule has 2 aromatic rings. The molecular weight excluding hydrogens is 240 g/mol. The molecule has 0 saturated carbocycles. The van der Waals surface area contributed by atoms with Crippen molar-refractivity contribution in [3.8, 4) is 0 Å². The second-order valence-electron chi connectivity index (χ2n) is 5.39. The molecule has 1 saturated heterocycles. The number of hydrogen-bond acceptors (Lipinski definition) is 3. The zero-order valence-electron chi connectivity index (χ0n) is 11.1. The molecule has 4 heteroatoms. The van der Waals surface area contributed by atoms with Gasteiger partial charge in [0, 0.05) is 13.1 Å². The Balaban J connectivity index is 1.68. The second-order valence-corrected chi connectivity index (χ2v) is 5.39. The second kappa shape index (κ2) is 5.03. The fourth-order valence-electron chi connectivity index (χ4n) is 2.55. The third-order valence-electron chi connectivity index (χ3n) is 3.89. The molecule has 0 atom stereocenters. The van der Waals surface area contributed by atoms with Gasteiger partial charge in [-0.2, -0.15) is 0 Å². The van der Waals surface area contributed by atoms with E-state index >= 15 is 0 Å².